The quantitative estimate of drug-likeness (QED) is 0.782. The number of hydrogen-bond acceptors (Lipinski definition) is 3. The zero-order valence-electron chi connectivity index (χ0n) is 14.2. The van der Waals surface area contributed by atoms with Gasteiger partial charge in [-0.3, -0.25) is 9.59 Å². The number of aryl methyl sites for hydroxylation is 1. The van der Waals surface area contributed by atoms with Crippen LogP contribution in [0.1, 0.15) is 38.7 Å². The predicted octanol–water partition coefficient (Wildman–Crippen LogP) is 2.92. The van der Waals surface area contributed by atoms with Crippen molar-refractivity contribution in [2.75, 3.05) is 23.7 Å². The smallest absolute Gasteiger partial charge is 0.224 e. The van der Waals surface area contributed by atoms with Crippen LogP contribution in [0, 0.1) is 18.8 Å². The Hall–Kier alpha value is -1.88. The first kappa shape index (κ1) is 17.5. The molecule has 0 aliphatic carbocycles. The molecule has 23 heavy (non-hydrogen) atoms. The number of piperidine rings is 1. The minimum atomic E-state index is -0.116. The lowest BCUT2D eigenvalue weighted by atomic mass is 9.85. The standard InChI is InChI=1S/C18H27N3O2/c1-12-6-7-16(10-17(12)20-14(3)22)21-18(23)9-13(2)15-5-4-8-19-11-15/h6-7,10,13,15,19H,4-5,8-9,11H2,1-3H3,(H,20,22)(H,21,23). The maximum absolute atomic E-state index is 12.3. The van der Waals surface area contributed by atoms with E-state index in [2.05, 4.69) is 22.9 Å². The van der Waals surface area contributed by atoms with Crippen LogP contribution in [-0.2, 0) is 9.59 Å². The Labute approximate surface area is 138 Å². The minimum absolute atomic E-state index is 0.0284. The van der Waals surface area contributed by atoms with Crippen molar-refractivity contribution in [1.82, 2.24) is 5.32 Å². The number of hydrogen-bond donors (Lipinski definition) is 3. The fraction of sp³-hybridized carbons (Fsp3) is 0.556. The highest BCUT2D eigenvalue weighted by Gasteiger charge is 2.22. The number of carbonyl (C=O) groups excluding carboxylic acids is 2. The second kappa shape index (κ2) is 8.11. The molecule has 1 saturated heterocycles. The molecule has 2 rings (SSSR count). The zero-order chi connectivity index (χ0) is 16.8. The molecule has 1 fully saturated rings. The topological polar surface area (TPSA) is 70.2 Å². The van der Waals surface area contributed by atoms with Crippen LogP contribution in [0.15, 0.2) is 18.2 Å². The summed E-state index contributed by atoms with van der Waals surface area (Å²) in [4.78, 5) is 23.5. The van der Waals surface area contributed by atoms with E-state index in [1.807, 2.05) is 25.1 Å². The average Bonchev–Trinajstić information content (AvgIpc) is 2.51. The maximum atomic E-state index is 12.3. The predicted molar refractivity (Wildman–Crippen MR) is 93.5 cm³/mol. The van der Waals surface area contributed by atoms with Crippen LogP contribution in [0.3, 0.4) is 0 Å². The van der Waals surface area contributed by atoms with Gasteiger partial charge in [-0.25, -0.2) is 0 Å². The number of amides is 2. The van der Waals surface area contributed by atoms with Gasteiger partial charge in [0.15, 0.2) is 0 Å². The van der Waals surface area contributed by atoms with Gasteiger partial charge < -0.3 is 16.0 Å². The third-order valence-corrected chi connectivity index (χ3v) is 4.48. The molecule has 1 aliphatic rings. The number of benzene rings is 1. The first-order valence-corrected chi connectivity index (χ1v) is 8.34. The normalized spacial score (nSPS) is 19.0. The van der Waals surface area contributed by atoms with E-state index in [1.165, 1.54) is 19.8 Å². The molecule has 0 radical (unpaired) electrons. The largest absolute Gasteiger partial charge is 0.326 e. The molecular formula is C18H27N3O2. The molecule has 0 saturated carbocycles. The van der Waals surface area contributed by atoms with E-state index in [9.17, 15) is 9.59 Å². The van der Waals surface area contributed by atoms with Crippen LogP contribution in [0.25, 0.3) is 0 Å². The molecule has 1 aromatic rings. The number of anilines is 2. The van der Waals surface area contributed by atoms with Gasteiger partial charge in [-0.1, -0.05) is 13.0 Å². The van der Waals surface area contributed by atoms with Crippen LogP contribution in [-0.4, -0.2) is 24.9 Å². The maximum Gasteiger partial charge on any atom is 0.224 e. The fourth-order valence-corrected chi connectivity index (χ4v) is 3.06. The molecule has 0 bridgehead atoms. The van der Waals surface area contributed by atoms with E-state index in [-0.39, 0.29) is 11.8 Å². The van der Waals surface area contributed by atoms with Crippen LogP contribution in [0.5, 0.6) is 0 Å². The van der Waals surface area contributed by atoms with Gasteiger partial charge in [0.25, 0.3) is 0 Å². The molecule has 0 spiro atoms. The molecule has 0 aromatic heterocycles. The van der Waals surface area contributed by atoms with Gasteiger partial charge in [-0.15, -0.1) is 0 Å². The lowest BCUT2D eigenvalue weighted by molar-refractivity contribution is -0.117. The molecule has 2 atom stereocenters. The molecular weight excluding hydrogens is 290 g/mol. The first-order valence-electron chi connectivity index (χ1n) is 8.34. The van der Waals surface area contributed by atoms with Crippen molar-refractivity contribution in [1.29, 1.82) is 0 Å². The second-order valence-corrected chi connectivity index (χ2v) is 6.55. The van der Waals surface area contributed by atoms with Gasteiger partial charge in [0.1, 0.15) is 0 Å². The van der Waals surface area contributed by atoms with Crippen molar-refractivity contribution >= 4 is 23.2 Å². The van der Waals surface area contributed by atoms with Crippen molar-refractivity contribution in [2.24, 2.45) is 11.8 Å². The summed E-state index contributed by atoms with van der Waals surface area (Å²) in [6.07, 6.45) is 2.91. The molecule has 126 valence electrons. The zero-order valence-corrected chi connectivity index (χ0v) is 14.2. The van der Waals surface area contributed by atoms with E-state index in [4.69, 9.17) is 0 Å². The Morgan fingerprint density at radius 3 is 2.78 bits per heavy atom. The lowest BCUT2D eigenvalue weighted by Crippen LogP contribution is -2.34. The van der Waals surface area contributed by atoms with E-state index >= 15 is 0 Å². The number of nitrogens with one attached hydrogen (secondary N) is 3. The summed E-state index contributed by atoms with van der Waals surface area (Å²) in [6.45, 7) is 7.64. The molecule has 5 nitrogen and oxygen atoms in total. The van der Waals surface area contributed by atoms with Crippen LogP contribution >= 0.6 is 0 Å². The third-order valence-electron chi connectivity index (χ3n) is 4.48. The molecule has 5 heteroatoms. The highest BCUT2D eigenvalue weighted by molar-refractivity contribution is 5.94. The summed E-state index contributed by atoms with van der Waals surface area (Å²) in [7, 11) is 0. The monoisotopic (exact) mass is 317 g/mol. The van der Waals surface area contributed by atoms with Gasteiger partial charge in [-0.2, -0.15) is 0 Å². The summed E-state index contributed by atoms with van der Waals surface area (Å²) in [5, 5.41) is 9.12. The molecule has 1 heterocycles. The van der Waals surface area contributed by atoms with E-state index in [0.717, 1.165) is 30.0 Å². The SMILES string of the molecule is CC(=O)Nc1cc(NC(=O)CC(C)C2CCCNC2)ccc1C. The highest BCUT2D eigenvalue weighted by atomic mass is 16.2. The number of carbonyl (C=O) groups is 2. The Bertz CT molecular complexity index is 565. The minimum Gasteiger partial charge on any atom is -0.326 e. The summed E-state index contributed by atoms with van der Waals surface area (Å²) in [5.74, 6) is 0.848. The van der Waals surface area contributed by atoms with Crippen molar-refractivity contribution in [3.63, 3.8) is 0 Å². The summed E-state index contributed by atoms with van der Waals surface area (Å²) in [6, 6.07) is 5.57. The average molecular weight is 317 g/mol. The van der Waals surface area contributed by atoms with Gasteiger partial charge in [0, 0.05) is 24.7 Å². The van der Waals surface area contributed by atoms with E-state index in [0.29, 0.717) is 18.3 Å². The Morgan fingerprint density at radius 2 is 2.13 bits per heavy atom. The first-order chi connectivity index (χ1) is 11.0. The van der Waals surface area contributed by atoms with E-state index in [1.54, 1.807) is 0 Å². The summed E-state index contributed by atoms with van der Waals surface area (Å²) in [5.41, 5.74) is 2.43. The highest BCUT2D eigenvalue weighted by Crippen LogP contribution is 2.24. The van der Waals surface area contributed by atoms with Crippen molar-refractivity contribution in [3.8, 4) is 0 Å². The second-order valence-electron chi connectivity index (χ2n) is 6.55. The van der Waals surface area contributed by atoms with Crippen molar-refractivity contribution in [3.05, 3.63) is 23.8 Å². The fourth-order valence-electron chi connectivity index (χ4n) is 3.06. The molecule has 3 N–H and O–H groups in total. The Morgan fingerprint density at radius 1 is 1.35 bits per heavy atom. The van der Waals surface area contributed by atoms with Gasteiger partial charge >= 0.3 is 0 Å². The van der Waals surface area contributed by atoms with Crippen molar-refractivity contribution < 1.29 is 9.59 Å². The third kappa shape index (κ3) is 5.36. The van der Waals surface area contributed by atoms with Gasteiger partial charge in [0.2, 0.25) is 11.8 Å². The lowest BCUT2D eigenvalue weighted by Gasteiger charge is -2.28. The Kier molecular flexibility index (Phi) is 6.16. The Balaban J connectivity index is 1.92. The number of rotatable bonds is 5. The van der Waals surface area contributed by atoms with Crippen LogP contribution in [0.2, 0.25) is 0 Å². The van der Waals surface area contributed by atoms with Crippen LogP contribution in [0.4, 0.5) is 11.4 Å². The van der Waals surface area contributed by atoms with Gasteiger partial charge in [-0.05, 0) is 62.4 Å². The molecule has 1 aliphatic heterocycles. The summed E-state index contributed by atoms with van der Waals surface area (Å²) >= 11 is 0. The summed E-state index contributed by atoms with van der Waals surface area (Å²) < 4.78 is 0. The van der Waals surface area contributed by atoms with Crippen molar-refractivity contribution in [2.45, 2.75) is 40.0 Å². The molecule has 1 aromatic carbocycles. The molecule has 2 unspecified atom stereocenters. The van der Waals surface area contributed by atoms with Crippen LogP contribution < -0.4 is 16.0 Å². The van der Waals surface area contributed by atoms with Gasteiger partial charge in [0.05, 0.1) is 0 Å². The van der Waals surface area contributed by atoms with E-state index < -0.39 is 0 Å². The molecule has 2 amide bonds.